The average molecular weight is 361 g/mol. The molecular formula is C23H27N3O. The summed E-state index contributed by atoms with van der Waals surface area (Å²) >= 11 is 0. The highest BCUT2D eigenvalue weighted by Gasteiger charge is 2.17. The number of nitrogens with zero attached hydrogens (tertiary/aromatic N) is 1. The van der Waals surface area contributed by atoms with Gasteiger partial charge in [-0.2, -0.15) is 0 Å². The number of aromatic amines is 1. The number of aryl methyl sites for hydroxylation is 2. The number of benzene rings is 2. The third-order valence-electron chi connectivity index (χ3n) is 5.50. The summed E-state index contributed by atoms with van der Waals surface area (Å²) < 4.78 is 0. The van der Waals surface area contributed by atoms with E-state index in [1.165, 1.54) is 37.7 Å². The first-order valence-electron chi connectivity index (χ1n) is 10.1. The van der Waals surface area contributed by atoms with Gasteiger partial charge in [-0.05, 0) is 55.0 Å². The molecule has 2 N–H and O–H groups in total. The zero-order valence-corrected chi connectivity index (χ0v) is 15.7. The summed E-state index contributed by atoms with van der Waals surface area (Å²) in [4.78, 5) is 20.4. The fraction of sp³-hybridized carbons (Fsp3) is 0.391. The van der Waals surface area contributed by atoms with Crippen molar-refractivity contribution in [1.29, 1.82) is 0 Å². The minimum absolute atomic E-state index is 0.149. The molecule has 0 aliphatic heterocycles. The molecule has 4 heteroatoms. The van der Waals surface area contributed by atoms with Gasteiger partial charge in [0.1, 0.15) is 5.82 Å². The lowest BCUT2D eigenvalue weighted by molar-refractivity contribution is -0.117. The minimum Gasteiger partial charge on any atom is -0.342 e. The first-order chi connectivity index (χ1) is 13.3. The van der Waals surface area contributed by atoms with Crippen molar-refractivity contribution >= 4 is 22.6 Å². The van der Waals surface area contributed by atoms with Crippen LogP contribution in [-0.2, 0) is 17.6 Å². The van der Waals surface area contributed by atoms with Crippen LogP contribution in [0.5, 0.6) is 0 Å². The summed E-state index contributed by atoms with van der Waals surface area (Å²) in [5.41, 5.74) is 4.20. The van der Waals surface area contributed by atoms with Crippen LogP contribution in [0.25, 0.3) is 11.0 Å². The van der Waals surface area contributed by atoms with Crippen LogP contribution in [0.3, 0.4) is 0 Å². The SMILES string of the molecule is O=C(CC1CCCCC1)Nc1cccc(CCc2nc3ccccc3[nH]2)c1. The first kappa shape index (κ1) is 17.8. The first-order valence-corrected chi connectivity index (χ1v) is 10.1. The minimum atomic E-state index is 0.149. The van der Waals surface area contributed by atoms with Crippen LogP contribution >= 0.6 is 0 Å². The van der Waals surface area contributed by atoms with E-state index >= 15 is 0 Å². The molecule has 1 amide bonds. The molecule has 4 rings (SSSR count). The highest BCUT2D eigenvalue weighted by molar-refractivity contribution is 5.90. The Balaban J connectivity index is 1.33. The van der Waals surface area contributed by atoms with Crippen LogP contribution < -0.4 is 5.32 Å². The van der Waals surface area contributed by atoms with Crippen LogP contribution in [0.15, 0.2) is 48.5 Å². The van der Waals surface area contributed by atoms with Gasteiger partial charge in [-0.15, -0.1) is 0 Å². The van der Waals surface area contributed by atoms with Crippen LogP contribution in [0.2, 0.25) is 0 Å². The van der Waals surface area contributed by atoms with E-state index < -0.39 is 0 Å². The Morgan fingerprint density at radius 2 is 1.89 bits per heavy atom. The molecule has 3 aromatic rings. The zero-order valence-electron chi connectivity index (χ0n) is 15.7. The molecule has 1 saturated carbocycles. The molecule has 1 aliphatic rings. The largest absolute Gasteiger partial charge is 0.342 e. The molecule has 0 radical (unpaired) electrons. The molecule has 0 spiro atoms. The molecule has 4 nitrogen and oxygen atoms in total. The number of carbonyl (C=O) groups is 1. The maximum Gasteiger partial charge on any atom is 0.224 e. The Labute approximate surface area is 160 Å². The molecular weight excluding hydrogens is 334 g/mol. The standard InChI is InChI=1S/C23H27N3O/c27-23(16-17-7-2-1-3-8-17)24-19-10-6-9-18(15-19)13-14-22-25-20-11-4-5-12-21(20)26-22/h4-6,9-12,15,17H,1-3,7-8,13-14,16H2,(H,24,27)(H,25,26). The maximum absolute atomic E-state index is 12.3. The zero-order chi connectivity index (χ0) is 18.5. The van der Waals surface area contributed by atoms with Crippen molar-refractivity contribution in [2.75, 3.05) is 5.32 Å². The van der Waals surface area contributed by atoms with E-state index in [1.807, 2.05) is 36.4 Å². The van der Waals surface area contributed by atoms with E-state index in [4.69, 9.17) is 0 Å². The fourth-order valence-corrected chi connectivity index (χ4v) is 4.06. The Morgan fingerprint density at radius 1 is 1.04 bits per heavy atom. The van der Waals surface area contributed by atoms with Crippen molar-refractivity contribution in [3.63, 3.8) is 0 Å². The van der Waals surface area contributed by atoms with E-state index in [2.05, 4.69) is 27.4 Å². The summed E-state index contributed by atoms with van der Waals surface area (Å²) in [6.07, 6.45) is 8.68. The number of carbonyl (C=O) groups excluding carboxylic acids is 1. The Bertz CT molecular complexity index is 876. The second-order valence-corrected chi connectivity index (χ2v) is 7.66. The van der Waals surface area contributed by atoms with Crippen LogP contribution in [-0.4, -0.2) is 15.9 Å². The smallest absolute Gasteiger partial charge is 0.224 e. The van der Waals surface area contributed by atoms with Gasteiger partial charge in [0.25, 0.3) is 0 Å². The number of H-pyrrole nitrogens is 1. The number of fused-ring (bicyclic) bond motifs is 1. The highest BCUT2D eigenvalue weighted by Crippen LogP contribution is 2.26. The van der Waals surface area contributed by atoms with E-state index in [-0.39, 0.29) is 5.91 Å². The molecule has 1 fully saturated rings. The van der Waals surface area contributed by atoms with Gasteiger partial charge in [-0.1, -0.05) is 43.5 Å². The highest BCUT2D eigenvalue weighted by atomic mass is 16.1. The third kappa shape index (κ3) is 4.76. The lowest BCUT2D eigenvalue weighted by Crippen LogP contribution is -2.18. The number of hydrogen-bond acceptors (Lipinski definition) is 2. The summed E-state index contributed by atoms with van der Waals surface area (Å²) in [5, 5.41) is 3.09. The number of hydrogen-bond donors (Lipinski definition) is 2. The normalized spacial score (nSPS) is 15.1. The van der Waals surface area contributed by atoms with Gasteiger partial charge in [0, 0.05) is 18.5 Å². The van der Waals surface area contributed by atoms with Crippen molar-refractivity contribution in [3.8, 4) is 0 Å². The van der Waals surface area contributed by atoms with Crippen molar-refractivity contribution in [3.05, 3.63) is 59.9 Å². The summed E-state index contributed by atoms with van der Waals surface area (Å²) in [5.74, 6) is 1.72. The molecule has 0 saturated heterocycles. The van der Waals surface area contributed by atoms with Crippen LogP contribution in [0, 0.1) is 5.92 Å². The molecule has 0 unspecified atom stereocenters. The second kappa shape index (κ2) is 8.38. The van der Waals surface area contributed by atoms with Crippen molar-refractivity contribution in [1.82, 2.24) is 9.97 Å². The summed E-state index contributed by atoms with van der Waals surface area (Å²) in [6.45, 7) is 0. The van der Waals surface area contributed by atoms with Gasteiger partial charge in [0.15, 0.2) is 0 Å². The fourth-order valence-electron chi connectivity index (χ4n) is 4.06. The van der Waals surface area contributed by atoms with Crippen molar-refractivity contribution in [2.45, 2.75) is 51.4 Å². The van der Waals surface area contributed by atoms with E-state index in [1.54, 1.807) is 0 Å². The van der Waals surface area contributed by atoms with Gasteiger partial charge in [0.2, 0.25) is 5.91 Å². The van der Waals surface area contributed by atoms with Crippen molar-refractivity contribution < 1.29 is 4.79 Å². The average Bonchev–Trinajstić information content (AvgIpc) is 3.10. The molecule has 1 aliphatic carbocycles. The van der Waals surface area contributed by atoms with E-state index in [9.17, 15) is 4.79 Å². The van der Waals surface area contributed by atoms with Gasteiger partial charge >= 0.3 is 0 Å². The van der Waals surface area contributed by atoms with Crippen LogP contribution in [0.1, 0.15) is 49.9 Å². The van der Waals surface area contributed by atoms with Gasteiger partial charge in [-0.25, -0.2) is 4.98 Å². The Kier molecular flexibility index (Phi) is 5.52. The van der Waals surface area contributed by atoms with Gasteiger partial charge in [-0.3, -0.25) is 4.79 Å². The quantitative estimate of drug-likeness (QED) is 0.629. The number of para-hydroxylation sites is 2. The monoisotopic (exact) mass is 361 g/mol. The predicted molar refractivity (Wildman–Crippen MR) is 110 cm³/mol. The number of rotatable bonds is 6. The molecule has 2 aromatic carbocycles. The number of aromatic nitrogens is 2. The topological polar surface area (TPSA) is 57.8 Å². The third-order valence-corrected chi connectivity index (χ3v) is 5.50. The van der Waals surface area contributed by atoms with E-state index in [0.29, 0.717) is 12.3 Å². The molecule has 140 valence electrons. The summed E-state index contributed by atoms with van der Waals surface area (Å²) in [7, 11) is 0. The lowest BCUT2D eigenvalue weighted by atomic mass is 9.87. The van der Waals surface area contributed by atoms with Gasteiger partial charge in [0.05, 0.1) is 11.0 Å². The van der Waals surface area contributed by atoms with E-state index in [0.717, 1.165) is 35.4 Å². The van der Waals surface area contributed by atoms with Crippen molar-refractivity contribution in [2.24, 2.45) is 5.92 Å². The number of nitrogens with one attached hydrogen (secondary N) is 2. The Morgan fingerprint density at radius 3 is 2.74 bits per heavy atom. The maximum atomic E-state index is 12.3. The number of anilines is 1. The second-order valence-electron chi connectivity index (χ2n) is 7.66. The number of amides is 1. The predicted octanol–water partition coefficient (Wildman–Crippen LogP) is 5.26. The Hall–Kier alpha value is -2.62. The van der Waals surface area contributed by atoms with Gasteiger partial charge < -0.3 is 10.3 Å². The lowest BCUT2D eigenvalue weighted by Gasteiger charge is -2.20. The molecule has 0 bridgehead atoms. The number of imidazole rings is 1. The molecule has 0 atom stereocenters. The molecule has 1 aromatic heterocycles. The van der Waals surface area contributed by atoms with Crippen LogP contribution in [0.4, 0.5) is 5.69 Å². The summed E-state index contributed by atoms with van der Waals surface area (Å²) in [6, 6.07) is 16.3. The molecule has 1 heterocycles. The molecule has 27 heavy (non-hydrogen) atoms.